The van der Waals surface area contributed by atoms with Gasteiger partial charge >= 0.3 is 0 Å². The number of aromatic nitrogens is 4. The van der Waals surface area contributed by atoms with Gasteiger partial charge in [0.1, 0.15) is 11.6 Å². The maximum Gasteiger partial charge on any atom is 0.192 e. The second kappa shape index (κ2) is 10.8. The quantitative estimate of drug-likeness (QED) is 0.303. The van der Waals surface area contributed by atoms with Crippen LogP contribution in [0.5, 0.6) is 0 Å². The Morgan fingerprint density at radius 1 is 1.17 bits per heavy atom. The summed E-state index contributed by atoms with van der Waals surface area (Å²) in [6.07, 6.45) is 1.56. The summed E-state index contributed by atoms with van der Waals surface area (Å²) in [6.45, 7) is 4.50. The topological polar surface area (TPSA) is 80.0 Å². The van der Waals surface area contributed by atoms with Crippen molar-refractivity contribution in [3.8, 4) is 0 Å². The molecule has 0 aliphatic carbocycles. The van der Waals surface area contributed by atoms with Crippen molar-refractivity contribution in [3.63, 3.8) is 0 Å². The molecule has 0 aliphatic heterocycles. The molecule has 2 heterocycles. The van der Waals surface area contributed by atoms with Gasteiger partial charge in [-0.15, -0.1) is 34.2 Å². The van der Waals surface area contributed by atoms with Crippen LogP contribution in [-0.2, 0) is 20.1 Å². The SMILES string of the molecule is Cc1nnc(CNC(=NCc2ncccc2F)NC(C)c2ccccc2)n1C.I. The number of halogens is 2. The van der Waals surface area contributed by atoms with Gasteiger partial charge in [-0.1, -0.05) is 30.3 Å². The normalized spacial score (nSPS) is 12.2. The lowest BCUT2D eigenvalue weighted by Crippen LogP contribution is -2.39. The fourth-order valence-electron chi connectivity index (χ4n) is 2.64. The second-order valence-corrected chi connectivity index (χ2v) is 6.45. The van der Waals surface area contributed by atoms with Gasteiger partial charge in [0.15, 0.2) is 11.8 Å². The first kappa shape index (κ1) is 22.7. The zero-order valence-electron chi connectivity index (χ0n) is 16.6. The van der Waals surface area contributed by atoms with E-state index in [0.29, 0.717) is 18.2 Å². The van der Waals surface area contributed by atoms with Gasteiger partial charge in [-0.25, -0.2) is 9.38 Å². The lowest BCUT2D eigenvalue weighted by molar-refractivity contribution is 0.598. The third kappa shape index (κ3) is 6.21. The van der Waals surface area contributed by atoms with Gasteiger partial charge in [-0.2, -0.15) is 0 Å². The highest BCUT2D eigenvalue weighted by molar-refractivity contribution is 14.0. The first-order valence-electron chi connectivity index (χ1n) is 9.08. The minimum Gasteiger partial charge on any atom is -0.350 e. The van der Waals surface area contributed by atoms with Crippen LogP contribution in [0.25, 0.3) is 0 Å². The van der Waals surface area contributed by atoms with E-state index in [2.05, 4.69) is 30.8 Å². The van der Waals surface area contributed by atoms with Gasteiger partial charge in [0.05, 0.1) is 24.8 Å². The Hall–Kier alpha value is -2.56. The molecule has 7 nitrogen and oxygen atoms in total. The molecule has 0 bridgehead atoms. The monoisotopic (exact) mass is 509 g/mol. The Kier molecular flexibility index (Phi) is 8.50. The number of hydrogen-bond acceptors (Lipinski definition) is 4. The molecule has 0 aliphatic rings. The summed E-state index contributed by atoms with van der Waals surface area (Å²) in [5.41, 5.74) is 1.42. The van der Waals surface area contributed by atoms with Gasteiger partial charge in [0, 0.05) is 13.2 Å². The van der Waals surface area contributed by atoms with Crippen LogP contribution >= 0.6 is 24.0 Å². The van der Waals surface area contributed by atoms with Gasteiger partial charge in [-0.3, -0.25) is 4.98 Å². The van der Waals surface area contributed by atoms with Crippen molar-refractivity contribution in [2.45, 2.75) is 33.0 Å². The van der Waals surface area contributed by atoms with Crippen LogP contribution < -0.4 is 10.6 Å². The van der Waals surface area contributed by atoms with Crippen molar-refractivity contribution in [3.05, 3.63) is 77.4 Å². The molecule has 0 amide bonds. The molecule has 0 spiro atoms. The average molecular weight is 509 g/mol. The van der Waals surface area contributed by atoms with Crippen LogP contribution in [0, 0.1) is 12.7 Å². The Balaban J connectivity index is 0.00000300. The van der Waals surface area contributed by atoms with E-state index in [-0.39, 0.29) is 42.4 Å². The van der Waals surface area contributed by atoms with Gasteiger partial charge in [0.25, 0.3) is 0 Å². The van der Waals surface area contributed by atoms with Crippen LogP contribution in [0.15, 0.2) is 53.7 Å². The molecule has 1 unspecified atom stereocenters. The van der Waals surface area contributed by atoms with E-state index in [1.54, 1.807) is 12.3 Å². The first-order valence-corrected chi connectivity index (χ1v) is 9.08. The molecular weight excluding hydrogens is 484 g/mol. The lowest BCUT2D eigenvalue weighted by Gasteiger charge is -2.18. The molecule has 29 heavy (non-hydrogen) atoms. The van der Waals surface area contributed by atoms with Gasteiger partial charge in [-0.05, 0) is 31.5 Å². The summed E-state index contributed by atoms with van der Waals surface area (Å²) in [6, 6.07) is 13.0. The molecule has 0 radical (unpaired) electrons. The molecular formula is C20H25FIN7. The Labute approximate surface area is 186 Å². The highest BCUT2D eigenvalue weighted by atomic mass is 127. The number of pyridine rings is 1. The van der Waals surface area contributed by atoms with Crippen molar-refractivity contribution in [1.82, 2.24) is 30.4 Å². The van der Waals surface area contributed by atoms with Crippen molar-refractivity contribution >= 4 is 29.9 Å². The van der Waals surface area contributed by atoms with E-state index < -0.39 is 0 Å². The lowest BCUT2D eigenvalue weighted by atomic mass is 10.1. The van der Waals surface area contributed by atoms with Crippen molar-refractivity contribution in [1.29, 1.82) is 0 Å². The number of guanidine groups is 1. The van der Waals surface area contributed by atoms with Crippen molar-refractivity contribution < 1.29 is 4.39 Å². The summed E-state index contributed by atoms with van der Waals surface area (Å²) < 4.78 is 15.8. The van der Waals surface area contributed by atoms with E-state index in [1.807, 2.05) is 55.8 Å². The number of benzene rings is 1. The molecule has 3 aromatic rings. The Morgan fingerprint density at radius 2 is 1.93 bits per heavy atom. The zero-order chi connectivity index (χ0) is 19.9. The van der Waals surface area contributed by atoms with Crippen LogP contribution in [-0.4, -0.2) is 25.7 Å². The molecule has 0 saturated heterocycles. The summed E-state index contributed by atoms with van der Waals surface area (Å²) in [5.74, 6) is 1.78. The van der Waals surface area contributed by atoms with E-state index in [9.17, 15) is 4.39 Å². The fourth-order valence-corrected chi connectivity index (χ4v) is 2.64. The third-order valence-corrected chi connectivity index (χ3v) is 4.47. The molecule has 1 atom stereocenters. The Bertz CT molecular complexity index is 943. The zero-order valence-corrected chi connectivity index (χ0v) is 19.0. The second-order valence-electron chi connectivity index (χ2n) is 6.45. The maximum absolute atomic E-state index is 13.9. The molecule has 9 heteroatoms. The number of rotatable bonds is 6. The Morgan fingerprint density at radius 3 is 2.59 bits per heavy atom. The number of aliphatic imine (C=N–C) groups is 1. The highest BCUT2D eigenvalue weighted by Gasteiger charge is 2.11. The predicted molar refractivity (Wildman–Crippen MR) is 121 cm³/mol. The van der Waals surface area contributed by atoms with Crippen LogP contribution in [0.3, 0.4) is 0 Å². The summed E-state index contributed by atoms with van der Waals surface area (Å²) in [5, 5.41) is 14.8. The van der Waals surface area contributed by atoms with Crippen LogP contribution in [0.2, 0.25) is 0 Å². The van der Waals surface area contributed by atoms with Crippen LogP contribution in [0.1, 0.15) is 35.9 Å². The first-order chi connectivity index (χ1) is 13.5. The molecule has 1 aromatic carbocycles. The molecule has 0 saturated carbocycles. The van der Waals surface area contributed by atoms with Gasteiger partial charge in [0.2, 0.25) is 0 Å². The summed E-state index contributed by atoms with van der Waals surface area (Å²) in [4.78, 5) is 8.57. The number of nitrogens with one attached hydrogen (secondary N) is 2. The minimum absolute atomic E-state index is 0. The van der Waals surface area contributed by atoms with Crippen molar-refractivity contribution in [2.24, 2.45) is 12.0 Å². The predicted octanol–water partition coefficient (Wildman–Crippen LogP) is 3.27. The molecule has 3 rings (SSSR count). The number of aryl methyl sites for hydroxylation is 1. The largest absolute Gasteiger partial charge is 0.350 e. The van der Waals surface area contributed by atoms with E-state index >= 15 is 0 Å². The smallest absolute Gasteiger partial charge is 0.192 e. The number of nitrogens with zero attached hydrogens (tertiary/aromatic N) is 5. The average Bonchev–Trinajstić information content (AvgIpc) is 3.03. The highest BCUT2D eigenvalue weighted by Crippen LogP contribution is 2.11. The van der Waals surface area contributed by atoms with Gasteiger partial charge < -0.3 is 15.2 Å². The summed E-state index contributed by atoms with van der Waals surface area (Å²) >= 11 is 0. The van der Waals surface area contributed by atoms with E-state index in [4.69, 9.17) is 0 Å². The van der Waals surface area contributed by atoms with Crippen molar-refractivity contribution in [2.75, 3.05) is 0 Å². The van der Waals surface area contributed by atoms with Crippen LogP contribution in [0.4, 0.5) is 4.39 Å². The molecule has 154 valence electrons. The molecule has 0 fully saturated rings. The third-order valence-electron chi connectivity index (χ3n) is 4.47. The molecule has 2 N–H and O–H groups in total. The van der Waals surface area contributed by atoms with E-state index in [1.165, 1.54) is 6.07 Å². The molecule has 2 aromatic heterocycles. The number of hydrogen-bond donors (Lipinski definition) is 2. The minimum atomic E-state index is -0.370. The fraction of sp³-hybridized carbons (Fsp3) is 0.300. The van der Waals surface area contributed by atoms with E-state index in [0.717, 1.165) is 17.2 Å². The standard InChI is InChI=1S/C20H24FN7.HI/c1-14(16-8-5-4-6-9-16)25-20(23-12-18-17(21)10-7-11-22-18)24-13-19-27-26-15(2)28(19)3;/h4-11,14H,12-13H2,1-3H3,(H2,23,24,25);1H. The maximum atomic E-state index is 13.9. The summed E-state index contributed by atoms with van der Waals surface area (Å²) in [7, 11) is 1.91.